The van der Waals surface area contributed by atoms with Crippen LogP contribution in [0.4, 0.5) is 4.39 Å². The molecular weight excluding hydrogens is 563 g/mol. The average Bonchev–Trinajstić information content (AvgIpc) is 3.35. The fraction of sp³-hybridized carbons (Fsp3) is 0.114. The highest BCUT2D eigenvalue weighted by molar-refractivity contribution is 7.07. The molecule has 214 valence electrons. The first-order valence-corrected chi connectivity index (χ1v) is 14.6. The lowest BCUT2D eigenvalue weighted by molar-refractivity contribution is -0.138. The second kappa shape index (κ2) is 12.4. The SMILES string of the molecule is CCOC(=O)C1=C(c2ccccc2)N=c2s/c(=C\c3ccccc3OCc3ccccc3)c(=O)n2[C@@H]1c1ccc(F)cc1. The van der Waals surface area contributed by atoms with E-state index in [2.05, 4.69) is 0 Å². The quantitative estimate of drug-likeness (QED) is 0.219. The van der Waals surface area contributed by atoms with Gasteiger partial charge in [0.15, 0.2) is 4.80 Å². The first-order chi connectivity index (χ1) is 21.0. The highest BCUT2D eigenvalue weighted by Crippen LogP contribution is 2.35. The molecule has 0 fully saturated rings. The minimum Gasteiger partial charge on any atom is -0.488 e. The third-order valence-electron chi connectivity index (χ3n) is 7.00. The van der Waals surface area contributed by atoms with Crippen molar-refractivity contribution in [3.05, 3.63) is 163 Å². The zero-order valence-corrected chi connectivity index (χ0v) is 24.1. The van der Waals surface area contributed by atoms with Crippen molar-refractivity contribution in [2.75, 3.05) is 6.61 Å². The number of aromatic nitrogens is 1. The summed E-state index contributed by atoms with van der Waals surface area (Å²) in [5.74, 6) is -0.383. The summed E-state index contributed by atoms with van der Waals surface area (Å²) in [7, 11) is 0. The predicted molar refractivity (Wildman–Crippen MR) is 165 cm³/mol. The number of fused-ring (bicyclic) bond motifs is 1. The molecule has 4 aromatic carbocycles. The number of para-hydroxylation sites is 1. The number of esters is 1. The molecule has 1 aliphatic heterocycles. The maximum atomic E-state index is 14.1. The molecule has 0 spiro atoms. The van der Waals surface area contributed by atoms with Crippen LogP contribution < -0.4 is 19.6 Å². The minimum absolute atomic E-state index is 0.144. The van der Waals surface area contributed by atoms with Gasteiger partial charge < -0.3 is 9.47 Å². The molecule has 0 radical (unpaired) electrons. The number of benzene rings is 4. The fourth-order valence-electron chi connectivity index (χ4n) is 5.01. The number of ether oxygens (including phenoxy) is 2. The number of halogens is 1. The van der Waals surface area contributed by atoms with E-state index in [4.69, 9.17) is 14.5 Å². The van der Waals surface area contributed by atoms with Crippen molar-refractivity contribution in [1.82, 2.24) is 4.57 Å². The first-order valence-electron chi connectivity index (χ1n) is 13.8. The van der Waals surface area contributed by atoms with Gasteiger partial charge in [-0.05, 0) is 42.3 Å². The largest absolute Gasteiger partial charge is 0.488 e. The molecule has 0 N–H and O–H groups in total. The molecule has 43 heavy (non-hydrogen) atoms. The van der Waals surface area contributed by atoms with Crippen molar-refractivity contribution in [2.45, 2.75) is 19.6 Å². The maximum Gasteiger partial charge on any atom is 0.338 e. The Morgan fingerprint density at radius 1 is 0.930 bits per heavy atom. The molecule has 0 unspecified atom stereocenters. The molecule has 6 rings (SSSR count). The zero-order chi connectivity index (χ0) is 29.8. The van der Waals surface area contributed by atoms with Crippen molar-refractivity contribution < 1.29 is 18.7 Å². The molecule has 0 aliphatic carbocycles. The van der Waals surface area contributed by atoms with Crippen molar-refractivity contribution in [3.8, 4) is 5.75 Å². The minimum atomic E-state index is -0.877. The van der Waals surface area contributed by atoms with Gasteiger partial charge in [-0.3, -0.25) is 9.36 Å². The van der Waals surface area contributed by atoms with Crippen LogP contribution in [0, 0.1) is 5.82 Å². The Labute approximate surface area is 251 Å². The average molecular weight is 591 g/mol. The van der Waals surface area contributed by atoms with Gasteiger partial charge in [-0.15, -0.1) is 0 Å². The molecule has 1 aliphatic rings. The Morgan fingerprint density at radius 2 is 1.60 bits per heavy atom. The van der Waals surface area contributed by atoms with Crippen molar-refractivity contribution in [1.29, 1.82) is 0 Å². The molecule has 6 nitrogen and oxygen atoms in total. The number of hydrogen-bond acceptors (Lipinski definition) is 6. The van der Waals surface area contributed by atoms with Crippen LogP contribution in [0.3, 0.4) is 0 Å². The van der Waals surface area contributed by atoms with E-state index in [1.165, 1.54) is 28.0 Å². The number of nitrogens with zero attached hydrogens (tertiary/aromatic N) is 2. The predicted octanol–water partition coefficient (Wildman–Crippen LogP) is 5.65. The molecule has 0 saturated heterocycles. The van der Waals surface area contributed by atoms with Crippen molar-refractivity contribution in [2.24, 2.45) is 4.99 Å². The van der Waals surface area contributed by atoms with Crippen LogP contribution in [0.5, 0.6) is 5.75 Å². The van der Waals surface area contributed by atoms with Gasteiger partial charge in [0.25, 0.3) is 5.56 Å². The lowest BCUT2D eigenvalue weighted by Gasteiger charge is -2.25. The van der Waals surface area contributed by atoms with Crippen LogP contribution in [0.2, 0.25) is 0 Å². The van der Waals surface area contributed by atoms with Crippen LogP contribution in [0.15, 0.2) is 125 Å². The highest BCUT2D eigenvalue weighted by Gasteiger charge is 2.35. The van der Waals surface area contributed by atoms with Gasteiger partial charge in [-0.25, -0.2) is 14.2 Å². The molecular formula is C35H27FN2O4S. The number of carbonyl (C=O) groups excluding carboxylic acids is 1. The third-order valence-corrected chi connectivity index (χ3v) is 7.99. The Bertz CT molecular complexity index is 1980. The van der Waals surface area contributed by atoms with E-state index in [0.717, 1.165) is 11.1 Å². The highest BCUT2D eigenvalue weighted by atomic mass is 32.1. The summed E-state index contributed by atoms with van der Waals surface area (Å²) in [4.78, 5) is 32.9. The fourth-order valence-corrected chi connectivity index (χ4v) is 6.00. The lowest BCUT2D eigenvalue weighted by Crippen LogP contribution is -2.40. The van der Waals surface area contributed by atoms with E-state index in [1.807, 2.05) is 84.9 Å². The molecule has 1 atom stereocenters. The normalized spacial score (nSPS) is 14.7. The molecule has 1 aromatic heterocycles. The Balaban J connectivity index is 1.53. The van der Waals surface area contributed by atoms with Crippen LogP contribution >= 0.6 is 11.3 Å². The number of thiazole rings is 1. The van der Waals surface area contributed by atoms with Gasteiger partial charge >= 0.3 is 5.97 Å². The molecule has 8 heteroatoms. The first kappa shape index (κ1) is 28.1. The molecule has 2 heterocycles. The Kier molecular flexibility index (Phi) is 8.11. The van der Waals surface area contributed by atoms with E-state index in [-0.39, 0.29) is 17.7 Å². The number of hydrogen-bond donors (Lipinski definition) is 0. The maximum absolute atomic E-state index is 14.1. The number of rotatable bonds is 8. The molecule has 0 amide bonds. The summed E-state index contributed by atoms with van der Waals surface area (Å²) >= 11 is 1.22. The van der Waals surface area contributed by atoms with Gasteiger partial charge in [0.2, 0.25) is 0 Å². The van der Waals surface area contributed by atoms with E-state index < -0.39 is 17.8 Å². The Morgan fingerprint density at radius 3 is 2.33 bits per heavy atom. The van der Waals surface area contributed by atoms with E-state index in [9.17, 15) is 14.0 Å². The van der Waals surface area contributed by atoms with Gasteiger partial charge in [-0.1, -0.05) is 102 Å². The summed E-state index contributed by atoms with van der Waals surface area (Å²) in [5, 5.41) is 0. The van der Waals surface area contributed by atoms with Crippen molar-refractivity contribution in [3.63, 3.8) is 0 Å². The molecule has 5 aromatic rings. The van der Waals surface area contributed by atoms with Crippen LogP contribution in [0.25, 0.3) is 11.8 Å². The second-order valence-electron chi connectivity index (χ2n) is 9.80. The van der Waals surface area contributed by atoms with E-state index >= 15 is 0 Å². The van der Waals surface area contributed by atoms with Crippen LogP contribution in [0.1, 0.15) is 35.2 Å². The van der Waals surface area contributed by atoms with Gasteiger partial charge in [0, 0.05) is 11.1 Å². The summed E-state index contributed by atoms with van der Waals surface area (Å²) in [6.45, 7) is 2.24. The second-order valence-corrected chi connectivity index (χ2v) is 10.8. The molecule has 0 bridgehead atoms. The van der Waals surface area contributed by atoms with E-state index in [1.54, 1.807) is 25.1 Å². The third kappa shape index (κ3) is 5.82. The lowest BCUT2D eigenvalue weighted by atomic mass is 9.93. The monoisotopic (exact) mass is 590 g/mol. The van der Waals surface area contributed by atoms with Gasteiger partial charge in [-0.2, -0.15) is 0 Å². The topological polar surface area (TPSA) is 69.9 Å². The van der Waals surface area contributed by atoms with Gasteiger partial charge in [0.1, 0.15) is 18.2 Å². The van der Waals surface area contributed by atoms with Gasteiger partial charge in [0.05, 0.1) is 28.5 Å². The van der Waals surface area contributed by atoms with E-state index in [0.29, 0.717) is 38.5 Å². The van der Waals surface area contributed by atoms with Crippen LogP contribution in [-0.4, -0.2) is 17.1 Å². The van der Waals surface area contributed by atoms with Crippen LogP contribution in [-0.2, 0) is 16.1 Å². The summed E-state index contributed by atoms with van der Waals surface area (Å²) in [5.41, 5.74) is 3.32. The number of carbonyl (C=O) groups is 1. The summed E-state index contributed by atoms with van der Waals surface area (Å²) < 4.78 is 27.5. The Hall–Kier alpha value is -5.08. The smallest absolute Gasteiger partial charge is 0.338 e. The molecule has 0 saturated carbocycles. The zero-order valence-electron chi connectivity index (χ0n) is 23.3. The summed E-state index contributed by atoms with van der Waals surface area (Å²) in [6, 6.07) is 31.6. The standard InChI is InChI=1S/C35H27FN2O4S/c1-2-41-34(40)30-31(24-13-7-4-8-14-24)37-35-38(32(30)25-17-19-27(36)20-18-25)33(39)29(43-35)21-26-15-9-10-16-28(26)42-22-23-11-5-3-6-12-23/h3-21,32H,2,22H2,1H3/b29-21-/t32-/m1/s1. The van der Waals surface area contributed by atoms with Crippen molar-refractivity contribution >= 4 is 29.1 Å². The summed E-state index contributed by atoms with van der Waals surface area (Å²) in [6.07, 6.45) is 1.78.